The summed E-state index contributed by atoms with van der Waals surface area (Å²) in [4.78, 5) is 11.0. The number of hydrogen-bond donors (Lipinski definition) is 1. The van der Waals surface area contributed by atoms with Gasteiger partial charge in [-0.05, 0) is 31.8 Å². The van der Waals surface area contributed by atoms with Crippen LogP contribution in [0.4, 0.5) is 0 Å². The summed E-state index contributed by atoms with van der Waals surface area (Å²) in [5.41, 5.74) is 2.23. The van der Waals surface area contributed by atoms with Gasteiger partial charge in [-0.3, -0.25) is 14.8 Å². The van der Waals surface area contributed by atoms with E-state index in [0.717, 1.165) is 56.3 Å². The van der Waals surface area contributed by atoms with Gasteiger partial charge in [0.2, 0.25) is 0 Å². The number of aliphatic hydroxyl groups is 1. The molecule has 0 aliphatic carbocycles. The van der Waals surface area contributed by atoms with E-state index in [2.05, 4.69) is 39.8 Å². The van der Waals surface area contributed by atoms with Crippen molar-refractivity contribution >= 4 is 0 Å². The molecule has 1 aliphatic rings. The first-order valence-corrected chi connectivity index (χ1v) is 10.5. The number of rotatable bonds is 10. The van der Waals surface area contributed by atoms with Crippen molar-refractivity contribution in [2.75, 3.05) is 60.5 Å². The molecule has 0 bridgehead atoms. The van der Waals surface area contributed by atoms with E-state index < -0.39 is 6.10 Å². The highest BCUT2D eigenvalue weighted by atomic mass is 16.5. The summed E-state index contributed by atoms with van der Waals surface area (Å²) in [7, 11) is 5.85. The van der Waals surface area contributed by atoms with Crippen LogP contribution in [0, 0.1) is 0 Å². The molecule has 30 heavy (non-hydrogen) atoms. The Labute approximate surface area is 179 Å². The lowest BCUT2D eigenvalue weighted by atomic mass is 10.1. The highest BCUT2D eigenvalue weighted by molar-refractivity contribution is 5.40. The normalized spacial score (nSPS) is 16.6. The molecule has 164 valence electrons. The third-order valence-corrected chi connectivity index (χ3v) is 5.39. The Kier molecular flexibility index (Phi) is 8.45. The lowest BCUT2D eigenvalue weighted by Gasteiger charge is -2.33. The summed E-state index contributed by atoms with van der Waals surface area (Å²) in [6, 6.07) is 9.90. The number of pyridine rings is 1. The SMILES string of the molecule is COc1ccc(CN(C)Cc2cccnc2)c(OC[C@@H](O)CN2CCN(C)CC2)c1. The van der Waals surface area contributed by atoms with E-state index in [1.54, 1.807) is 13.3 Å². The minimum atomic E-state index is -0.527. The van der Waals surface area contributed by atoms with Crippen LogP contribution >= 0.6 is 0 Å². The van der Waals surface area contributed by atoms with Gasteiger partial charge in [0.05, 0.1) is 7.11 Å². The van der Waals surface area contributed by atoms with Gasteiger partial charge in [-0.15, -0.1) is 0 Å². The Morgan fingerprint density at radius 1 is 1.17 bits per heavy atom. The quantitative estimate of drug-likeness (QED) is 0.635. The minimum absolute atomic E-state index is 0.263. The predicted octanol–water partition coefficient (Wildman–Crippen LogP) is 1.71. The topological polar surface area (TPSA) is 61.3 Å². The van der Waals surface area contributed by atoms with Crippen LogP contribution in [0.25, 0.3) is 0 Å². The maximum atomic E-state index is 10.5. The molecular weight excluding hydrogens is 380 g/mol. The number of methoxy groups -OCH3 is 1. The molecule has 1 aromatic heterocycles. The predicted molar refractivity (Wildman–Crippen MR) is 118 cm³/mol. The summed E-state index contributed by atoms with van der Waals surface area (Å²) in [6.07, 6.45) is 3.14. The van der Waals surface area contributed by atoms with Gasteiger partial charge in [0.15, 0.2) is 0 Å². The summed E-state index contributed by atoms with van der Waals surface area (Å²) in [5.74, 6) is 1.50. The molecule has 1 saturated heterocycles. The zero-order chi connectivity index (χ0) is 21.3. The van der Waals surface area contributed by atoms with E-state index in [4.69, 9.17) is 9.47 Å². The van der Waals surface area contributed by atoms with Crippen molar-refractivity contribution in [2.24, 2.45) is 0 Å². The van der Waals surface area contributed by atoms with E-state index in [0.29, 0.717) is 6.54 Å². The van der Waals surface area contributed by atoms with Gasteiger partial charge in [0.25, 0.3) is 0 Å². The summed E-state index contributed by atoms with van der Waals surface area (Å²) in [5, 5.41) is 10.5. The Morgan fingerprint density at radius 2 is 1.97 bits per heavy atom. The zero-order valence-corrected chi connectivity index (χ0v) is 18.3. The number of aliphatic hydroxyl groups excluding tert-OH is 1. The van der Waals surface area contributed by atoms with Crippen LogP contribution in [0.2, 0.25) is 0 Å². The average Bonchev–Trinajstić information content (AvgIpc) is 2.75. The third kappa shape index (κ3) is 6.95. The van der Waals surface area contributed by atoms with Gasteiger partial charge in [-0.25, -0.2) is 0 Å². The van der Waals surface area contributed by atoms with Crippen LogP contribution in [0.5, 0.6) is 11.5 Å². The van der Waals surface area contributed by atoms with Gasteiger partial charge in [0, 0.05) is 69.8 Å². The molecule has 1 aromatic carbocycles. The first kappa shape index (κ1) is 22.5. The number of aromatic nitrogens is 1. The molecule has 2 aromatic rings. The number of nitrogens with zero attached hydrogens (tertiary/aromatic N) is 4. The number of β-amino-alcohol motifs (C(OH)–C–C–N with tert-alkyl or cyclic N) is 1. The van der Waals surface area contributed by atoms with Crippen molar-refractivity contribution in [2.45, 2.75) is 19.2 Å². The zero-order valence-electron chi connectivity index (χ0n) is 18.3. The van der Waals surface area contributed by atoms with Crippen LogP contribution < -0.4 is 9.47 Å². The molecule has 0 amide bonds. The lowest BCUT2D eigenvalue weighted by molar-refractivity contribution is 0.0500. The number of ether oxygens (including phenoxy) is 2. The highest BCUT2D eigenvalue weighted by Gasteiger charge is 2.18. The molecule has 0 unspecified atom stereocenters. The molecule has 2 heterocycles. The van der Waals surface area contributed by atoms with Crippen molar-refractivity contribution in [3.05, 3.63) is 53.9 Å². The smallest absolute Gasteiger partial charge is 0.127 e. The number of likely N-dealkylation sites (N-methyl/N-ethyl adjacent to an activating group) is 1. The van der Waals surface area contributed by atoms with E-state index in [-0.39, 0.29) is 6.61 Å². The molecule has 1 aliphatic heterocycles. The van der Waals surface area contributed by atoms with Crippen LogP contribution in [0.3, 0.4) is 0 Å². The van der Waals surface area contributed by atoms with Crippen molar-refractivity contribution in [1.82, 2.24) is 19.7 Å². The van der Waals surface area contributed by atoms with Crippen LogP contribution in [0.1, 0.15) is 11.1 Å². The maximum Gasteiger partial charge on any atom is 0.127 e. The molecule has 1 fully saturated rings. The van der Waals surface area contributed by atoms with E-state index >= 15 is 0 Å². The molecule has 1 atom stereocenters. The van der Waals surface area contributed by atoms with Gasteiger partial charge in [0.1, 0.15) is 24.2 Å². The van der Waals surface area contributed by atoms with Crippen molar-refractivity contribution in [3.8, 4) is 11.5 Å². The van der Waals surface area contributed by atoms with Crippen molar-refractivity contribution in [3.63, 3.8) is 0 Å². The monoisotopic (exact) mass is 414 g/mol. The third-order valence-electron chi connectivity index (χ3n) is 5.39. The van der Waals surface area contributed by atoms with Gasteiger partial charge in [-0.2, -0.15) is 0 Å². The van der Waals surface area contributed by atoms with Crippen LogP contribution in [-0.2, 0) is 13.1 Å². The second-order valence-corrected chi connectivity index (χ2v) is 8.08. The standard InChI is InChI=1S/C23H34N4O3/c1-25-9-11-27(12-10-25)17-21(28)18-30-23-13-22(29-3)7-6-20(23)16-26(2)15-19-5-4-8-24-14-19/h4-8,13-14,21,28H,9-12,15-18H2,1-3H3/t21-/m0/s1. The maximum absolute atomic E-state index is 10.5. The minimum Gasteiger partial charge on any atom is -0.497 e. The first-order chi connectivity index (χ1) is 14.5. The summed E-state index contributed by atoms with van der Waals surface area (Å²) < 4.78 is 11.4. The second kappa shape index (κ2) is 11.3. The highest BCUT2D eigenvalue weighted by Crippen LogP contribution is 2.26. The van der Waals surface area contributed by atoms with Gasteiger partial charge in [-0.1, -0.05) is 12.1 Å². The molecule has 3 rings (SSSR count). The fourth-order valence-corrected chi connectivity index (χ4v) is 3.64. The average molecular weight is 415 g/mol. The lowest BCUT2D eigenvalue weighted by Crippen LogP contribution is -2.47. The van der Waals surface area contributed by atoms with Crippen molar-refractivity contribution < 1.29 is 14.6 Å². The van der Waals surface area contributed by atoms with Gasteiger partial charge < -0.3 is 19.5 Å². The first-order valence-electron chi connectivity index (χ1n) is 10.5. The van der Waals surface area contributed by atoms with E-state index in [9.17, 15) is 5.11 Å². The van der Waals surface area contributed by atoms with E-state index in [1.807, 2.05) is 30.5 Å². The molecule has 7 nitrogen and oxygen atoms in total. The van der Waals surface area contributed by atoms with Crippen LogP contribution in [-0.4, -0.2) is 91.4 Å². The fraction of sp³-hybridized carbons (Fsp3) is 0.522. The summed E-state index contributed by atoms with van der Waals surface area (Å²) >= 11 is 0. The van der Waals surface area contributed by atoms with Crippen LogP contribution in [0.15, 0.2) is 42.7 Å². The Balaban J connectivity index is 1.57. The Hall–Kier alpha value is -2.19. The second-order valence-electron chi connectivity index (χ2n) is 8.08. The summed E-state index contributed by atoms with van der Waals surface area (Å²) in [6.45, 7) is 6.46. The molecule has 1 N–H and O–H groups in total. The number of piperazine rings is 1. The molecule has 0 spiro atoms. The van der Waals surface area contributed by atoms with E-state index in [1.165, 1.54) is 5.56 Å². The Bertz CT molecular complexity index is 766. The van der Waals surface area contributed by atoms with Crippen molar-refractivity contribution in [1.29, 1.82) is 0 Å². The number of hydrogen-bond acceptors (Lipinski definition) is 7. The number of benzene rings is 1. The fourth-order valence-electron chi connectivity index (χ4n) is 3.64. The molecule has 0 saturated carbocycles. The largest absolute Gasteiger partial charge is 0.497 e. The Morgan fingerprint density at radius 3 is 2.67 bits per heavy atom. The van der Waals surface area contributed by atoms with Gasteiger partial charge >= 0.3 is 0 Å². The molecule has 7 heteroatoms. The molecule has 0 radical (unpaired) electrons. The molecular formula is C23H34N4O3.